The van der Waals surface area contributed by atoms with Crippen molar-refractivity contribution in [3.63, 3.8) is 0 Å². The van der Waals surface area contributed by atoms with Crippen LogP contribution in [0.2, 0.25) is 0 Å². The van der Waals surface area contributed by atoms with Gasteiger partial charge in [0.05, 0.1) is 6.54 Å². The number of pyridine rings is 1. The number of fused-ring (bicyclic) bond motifs is 1. The molecule has 2 aromatic rings. The van der Waals surface area contributed by atoms with Crippen LogP contribution in [0.3, 0.4) is 0 Å². The molecular weight excluding hydrogens is 228 g/mol. The van der Waals surface area contributed by atoms with E-state index in [0.717, 1.165) is 10.9 Å². The number of para-hydroxylation sites is 1. The summed E-state index contributed by atoms with van der Waals surface area (Å²) in [6, 6.07) is 9.37. The molecule has 0 unspecified atom stereocenters. The van der Waals surface area contributed by atoms with Crippen molar-refractivity contribution < 1.29 is 9.53 Å². The van der Waals surface area contributed by atoms with E-state index >= 15 is 0 Å². The quantitative estimate of drug-likeness (QED) is 0.821. The number of nitrogens with one attached hydrogen (secondary N) is 1. The van der Waals surface area contributed by atoms with E-state index in [1.165, 1.54) is 0 Å². The summed E-state index contributed by atoms with van der Waals surface area (Å²) in [6.45, 7) is 0.132. The summed E-state index contributed by atoms with van der Waals surface area (Å²) in [5.41, 5.74) is 0.741. The molecule has 0 bridgehead atoms. The predicted octanol–water partition coefficient (Wildman–Crippen LogP) is 1.36. The summed E-state index contributed by atoms with van der Waals surface area (Å²) in [5, 5.41) is 3.50. The lowest BCUT2D eigenvalue weighted by Gasteiger charge is -2.07. The highest BCUT2D eigenvalue weighted by atomic mass is 16.5. The molecule has 18 heavy (non-hydrogen) atoms. The second kappa shape index (κ2) is 5.69. The number of ether oxygens (including phenoxy) is 1. The Kier molecular flexibility index (Phi) is 3.77. The zero-order valence-corrected chi connectivity index (χ0v) is 9.72. The van der Waals surface area contributed by atoms with Crippen LogP contribution in [0.15, 0.2) is 36.5 Å². The first-order valence-electron chi connectivity index (χ1n) is 5.48. The Morgan fingerprint density at radius 1 is 1.39 bits per heavy atom. The minimum Gasteiger partial charge on any atom is -0.481 e. The third-order valence-corrected chi connectivity index (χ3v) is 2.34. The third kappa shape index (κ3) is 2.77. The van der Waals surface area contributed by atoms with Gasteiger partial charge in [-0.25, -0.2) is 0 Å². The van der Waals surface area contributed by atoms with Gasteiger partial charge in [-0.05, 0) is 12.1 Å². The molecule has 0 radical (unpaired) electrons. The molecule has 4 nitrogen and oxygen atoms in total. The van der Waals surface area contributed by atoms with Gasteiger partial charge in [0.1, 0.15) is 11.3 Å². The second-order valence-electron chi connectivity index (χ2n) is 3.60. The van der Waals surface area contributed by atoms with Crippen LogP contribution in [0.1, 0.15) is 0 Å². The largest absolute Gasteiger partial charge is 0.481 e. The Morgan fingerprint density at radius 2 is 2.22 bits per heavy atom. The Morgan fingerprint density at radius 3 is 3.06 bits per heavy atom. The van der Waals surface area contributed by atoms with Crippen LogP contribution in [0.5, 0.6) is 5.75 Å². The van der Waals surface area contributed by atoms with E-state index in [-0.39, 0.29) is 19.1 Å². The van der Waals surface area contributed by atoms with Crippen LogP contribution >= 0.6 is 0 Å². The minimum absolute atomic E-state index is 0.0721. The summed E-state index contributed by atoms with van der Waals surface area (Å²) in [6.07, 6.45) is 6.73. The lowest BCUT2D eigenvalue weighted by atomic mass is 10.2. The number of nitrogens with zero attached hydrogens (tertiary/aromatic N) is 1. The fraction of sp³-hybridized carbons (Fsp3) is 0.143. The Hall–Kier alpha value is -2.54. The molecule has 0 aliphatic heterocycles. The van der Waals surface area contributed by atoms with Crippen LogP contribution in [-0.2, 0) is 4.79 Å². The van der Waals surface area contributed by atoms with Gasteiger partial charge in [0.25, 0.3) is 5.91 Å². The molecule has 1 aromatic heterocycles. The summed E-state index contributed by atoms with van der Waals surface area (Å²) in [4.78, 5) is 15.6. The normalized spacial score (nSPS) is 9.72. The first-order valence-corrected chi connectivity index (χ1v) is 5.48. The molecular formula is C14H12N2O2. The van der Waals surface area contributed by atoms with Gasteiger partial charge in [-0.2, -0.15) is 0 Å². The first-order chi connectivity index (χ1) is 8.81. The third-order valence-electron chi connectivity index (χ3n) is 2.34. The molecule has 0 spiro atoms. The lowest BCUT2D eigenvalue weighted by Crippen LogP contribution is -2.29. The number of terminal acetylenes is 1. The predicted molar refractivity (Wildman–Crippen MR) is 69.1 cm³/mol. The van der Waals surface area contributed by atoms with Crippen LogP contribution in [0.4, 0.5) is 0 Å². The van der Waals surface area contributed by atoms with Gasteiger partial charge < -0.3 is 10.1 Å². The average Bonchev–Trinajstić information content (AvgIpc) is 2.42. The monoisotopic (exact) mass is 240 g/mol. The number of rotatable bonds is 4. The van der Waals surface area contributed by atoms with Gasteiger partial charge in [-0.3, -0.25) is 9.78 Å². The first kappa shape index (κ1) is 11.9. The van der Waals surface area contributed by atoms with Gasteiger partial charge in [0.2, 0.25) is 0 Å². The number of amides is 1. The summed E-state index contributed by atoms with van der Waals surface area (Å²) >= 11 is 0. The van der Waals surface area contributed by atoms with Crippen molar-refractivity contribution in [2.75, 3.05) is 13.2 Å². The van der Waals surface area contributed by atoms with Crippen LogP contribution in [0.25, 0.3) is 10.9 Å². The van der Waals surface area contributed by atoms with Gasteiger partial charge in [0, 0.05) is 11.6 Å². The number of hydrogen-bond donors (Lipinski definition) is 1. The highest BCUT2D eigenvalue weighted by molar-refractivity contribution is 5.85. The zero-order chi connectivity index (χ0) is 12.8. The van der Waals surface area contributed by atoms with E-state index < -0.39 is 0 Å². The van der Waals surface area contributed by atoms with Crippen molar-refractivity contribution >= 4 is 16.8 Å². The highest BCUT2D eigenvalue weighted by Gasteiger charge is 2.05. The molecule has 0 saturated carbocycles. The molecule has 1 aromatic carbocycles. The molecule has 2 rings (SSSR count). The molecule has 0 aliphatic carbocycles. The minimum atomic E-state index is -0.249. The Labute approximate surface area is 105 Å². The Balaban J connectivity index is 2.08. The summed E-state index contributed by atoms with van der Waals surface area (Å²) < 4.78 is 5.43. The fourth-order valence-electron chi connectivity index (χ4n) is 1.54. The smallest absolute Gasteiger partial charge is 0.258 e. The van der Waals surface area contributed by atoms with Crippen molar-refractivity contribution in [2.24, 2.45) is 0 Å². The van der Waals surface area contributed by atoms with E-state index in [4.69, 9.17) is 11.2 Å². The SMILES string of the molecule is C#CCNC(=O)COc1cccc2cccnc12. The van der Waals surface area contributed by atoms with Crippen LogP contribution < -0.4 is 10.1 Å². The van der Waals surface area contributed by atoms with Crippen molar-refractivity contribution in [2.45, 2.75) is 0 Å². The molecule has 4 heteroatoms. The molecule has 0 atom stereocenters. The topological polar surface area (TPSA) is 51.2 Å². The average molecular weight is 240 g/mol. The van der Waals surface area contributed by atoms with Crippen LogP contribution in [0, 0.1) is 12.3 Å². The molecule has 1 N–H and O–H groups in total. The number of benzene rings is 1. The maximum atomic E-state index is 11.4. The van der Waals surface area contributed by atoms with Gasteiger partial charge in [-0.1, -0.05) is 24.1 Å². The van der Waals surface area contributed by atoms with E-state index in [1.807, 2.05) is 24.3 Å². The van der Waals surface area contributed by atoms with E-state index in [1.54, 1.807) is 12.3 Å². The Bertz CT molecular complexity index is 597. The van der Waals surface area contributed by atoms with E-state index in [9.17, 15) is 4.79 Å². The number of hydrogen-bond acceptors (Lipinski definition) is 3. The summed E-state index contributed by atoms with van der Waals surface area (Å²) in [7, 11) is 0. The highest BCUT2D eigenvalue weighted by Crippen LogP contribution is 2.22. The maximum absolute atomic E-state index is 11.4. The molecule has 1 heterocycles. The number of aromatic nitrogens is 1. The molecule has 0 aliphatic rings. The van der Waals surface area contributed by atoms with Gasteiger partial charge in [0.15, 0.2) is 6.61 Å². The van der Waals surface area contributed by atoms with E-state index in [2.05, 4.69) is 16.2 Å². The number of carbonyl (C=O) groups excluding carboxylic acids is 1. The zero-order valence-electron chi connectivity index (χ0n) is 9.72. The summed E-state index contributed by atoms with van der Waals surface area (Å²) in [5.74, 6) is 2.66. The van der Waals surface area contributed by atoms with Gasteiger partial charge in [-0.15, -0.1) is 6.42 Å². The second-order valence-corrected chi connectivity index (χ2v) is 3.60. The maximum Gasteiger partial charge on any atom is 0.258 e. The number of carbonyl (C=O) groups is 1. The lowest BCUT2D eigenvalue weighted by molar-refractivity contribution is -0.122. The molecule has 0 fully saturated rings. The van der Waals surface area contributed by atoms with Crippen molar-refractivity contribution in [1.29, 1.82) is 0 Å². The fourth-order valence-corrected chi connectivity index (χ4v) is 1.54. The molecule has 0 saturated heterocycles. The van der Waals surface area contributed by atoms with Crippen molar-refractivity contribution in [1.82, 2.24) is 10.3 Å². The standard InChI is InChI=1S/C14H12N2O2/c1-2-8-15-13(17)10-18-12-7-3-5-11-6-4-9-16-14(11)12/h1,3-7,9H,8,10H2,(H,15,17). The molecule has 1 amide bonds. The van der Waals surface area contributed by atoms with Gasteiger partial charge >= 0.3 is 0 Å². The molecule has 90 valence electrons. The van der Waals surface area contributed by atoms with Crippen LogP contribution in [-0.4, -0.2) is 24.0 Å². The van der Waals surface area contributed by atoms with E-state index in [0.29, 0.717) is 5.75 Å². The van der Waals surface area contributed by atoms with Crippen molar-refractivity contribution in [3.05, 3.63) is 36.5 Å². The van der Waals surface area contributed by atoms with Crippen molar-refractivity contribution in [3.8, 4) is 18.1 Å².